The maximum atomic E-state index is 13.3. The number of ether oxygens (including phenoxy) is 1. The lowest BCUT2D eigenvalue weighted by atomic mass is 10.2. The summed E-state index contributed by atoms with van der Waals surface area (Å²) in [6.45, 7) is 2.95. The van der Waals surface area contributed by atoms with Gasteiger partial charge in [0.05, 0.1) is 17.3 Å². The first-order valence-corrected chi connectivity index (χ1v) is 12.6. The van der Waals surface area contributed by atoms with Gasteiger partial charge in [-0.15, -0.1) is 0 Å². The van der Waals surface area contributed by atoms with Crippen molar-refractivity contribution in [2.75, 3.05) is 19.4 Å². The van der Waals surface area contributed by atoms with E-state index in [1.165, 1.54) is 16.4 Å². The van der Waals surface area contributed by atoms with Gasteiger partial charge in [0, 0.05) is 19.7 Å². The second-order valence-electron chi connectivity index (χ2n) is 7.18. The normalized spacial score (nSPS) is 17.6. The zero-order valence-corrected chi connectivity index (χ0v) is 18.1. The summed E-state index contributed by atoms with van der Waals surface area (Å²) in [5, 5.41) is 0. The SMILES string of the molecule is Cc1ccc(S(=O)(=O)N(Cc2ccc(OS(C)(=O)=O)cc2)CC2CCCO2)cc1. The van der Waals surface area contributed by atoms with Crippen LogP contribution >= 0.6 is 0 Å². The Hall–Kier alpha value is -1.94. The van der Waals surface area contributed by atoms with Gasteiger partial charge >= 0.3 is 10.1 Å². The molecule has 0 saturated carbocycles. The molecule has 9 heteroatoms. The third-order valence-electron chi connectivity index (χ3n) is 4.62. The van der Waals surface area contributed by atoms with Crippen molar-refractivity contribution in [3.05, 3.63) is 59.7 Å². The van der Waals surface area contributed by atoms with E-state index >= 15 is 0 Å². The molecule has 29 heavy (non-hydrogen) atoms. The Kier molecular flexibility index (Phi) is 6.62. The number of hydrogen-bond acceptors (Lipinski definition) is 6. The van der Waals surface area contributed by atoms with E-state index in [0.29, 0.717) is 6.61 Å². The summed E-state index contributed by atoms with van der Waals surface area (Å²) in [5.41, 5.74) is 1.70. The first-order valence-electron chi connectivity index (χ1n) is 9.30. The summed E-state index contributed by atoms with van der Waals surface area (Å²) < 4.78 is 60.9. The van der Waals surface area contributed by atoms with E-state index in [-0.39, 0.29) is 29.8 Å². The van der Waals surface area contributed by atoms with Gasteiger partial charge in [0.1, 0.15) is 5.75 Å². The number of sulfonamides is 1. The van der Waals surface area contributed by atoms with Gasteiger partial charge in [-0.25, -0.2) is 8.42 Å². The molecule has 1 saturated heterocycles. The Morgan fingerprint density at radius 2 is 1.69 bits per heavy atom. The summed E-state index contributed by atoms with van der Waals surface area (Å²) in [6, 6.07) is 13.1. The smallest absolute Gasteiger partial charge is 0.306 e. The van der Waals surface area contributed by atoms with Crippen LogP contribution < -0.4 is 4.18 Å². The van der Waals surface area contributed by atoms with Crippen LogP contribution in [0, 0.1) is 6.92 Å². The van der Waals surface area contributed by atoms with E-state index in [1.54, 1.807) is 36.4 Å². The van der Waals surface area contributed by atoms with Crippen LogP contribution in [0.3, 0.4) is 0 Å². The van der Waals surface area contributed by atoms with Crippen molar-refractivity contribution >= 4 is 20.1 Å². The van der Waals surface area contributed by atoms with Gasteiger partial charge in [-0.3, -0.25) is 0 Å². The molecule has 158 valence electrons. The van der Waals surface area contributed by atoms with Crippen LogP contribution in [0.4, 0.5) is 0 Å². The van der Waals surface area contributed by atoms with Gasteiger partial charge in [0.25, 0.3) is 0 Å². The van der Waals surface area contributed by atoms with Crippen LogP contribution in [0.15, 0.2) is 53.4 Å². The summed E-state index contributed by atoms with van der Waals surface area (Å²) in [7, 11) is -7.33. The average Bonchev–Trinajstić information content (AvgIpc) is 3.15. The minimum Gasteiger partial charge on any atom is -0.383 e. The molecule has 1 fully saturated rings. The van der Waals surface area contributed by atoms with Crippen LogP contribution in [0.1, 0.15) is 24.0 Å². The van der Waals surface area contributed by atoms with Crippen LogP contribution in [-0.4, -0.2) is 46.7 Å². The Labute approximate surface area is 172 Å². The maximum Gasteiger partial charge on any atom is 0.306 e. The third-order valence-corrected chi connectivity index (χ3v) is 6.94. The molecule has 0 N–H and O–H groups in total. The van der Waals surface area contributed by atoms with Crippen LogP contribution in [0.5, 0.6) is 5.75 Å². The first-order chi connectivity index (χ1) is 13.6. The number of aryl methyl sites for hydroxylation is 1. The van der Waals surface area contributed by atoms with E-state index in [2.05, 4.69) is 0 Å². The summed E-state index contributed by atoms with van der Waals surface area (Å²) in [4.78, 5) is 0.234. The minimum absolute atomic E-state index is 0.136. The molecule has 0 amide bonds. The largest absolute Gasteiger partial charge is 0.383 e. The molecule has 2 aromatic carbocycles. The number of rotatable bonds is 8. The lowest BCUT2D eigenvalue weighted by molar-refractivity contribution is 0.0926. The van der Waals surface area contributed by atoms with Crippen molar-refractivity contribution in [3.63, 3.8) is 0 Å². The van der Waals surface area contributed by atoms with Crippen molar-refractivity contribution in [2.45, 2.75) is 37.3 Å². The van der Waals surface area contributed by atoms with Crippen LogP contribution in [0.25, 0.3) is 0 Å². The molecule has 0 aliphatic carbocycles. The molecular formula is C20H25NO6S2. The van der Waals surface area contributed by atoms with Crippen molar-refractivity contribution in [1.29, 1.82) is 0 Å². The van der Waals surface area contributed by atoms with Gasteiger partial charge < -0.3 is 8.92 Å². The van der Waals surface area contributed by atoms with E-state index in [0.717, 1.165) is 30.2 Å². The number of benzene rings is 2. The monoisotopic (exact) mass is 439 g/mol. The quantitative estimate of drug-likeness (QED) is 0.588. The Bertz CT molecular complexity index is 1030. The highest BCUT2D eigenvalue weighted by molar-refractivity contribution is 7.89. The molecule has 0 bridgehead atoms. The molecule has 0 aromatic heterocycles. The Morgan fingerprint density at radius 1 is 1.03 bits per heavy atom. The lowest BCUT2D eigenvalue weighted by Gasteiger charge is -2.25. The molecular weight excluding hydrogens is 414 g/mol. The summed E-state index contributed by atoms with van der Waals surface area (Å²) >= 11 is 0. The molecule has 0 radical (unpaired) electrons. The second kappa shape index (κ2) is 8.83. The predicted molar refractivity (Wildman–Crippen MR) is 110 cm³/mol. The molecule has 1 heterocycles. The molecule has 1 aliphatic rings. The highest BCUT2D eigenvalue weighted by Crippen LogP contribution is 2.23. The summed E-state index contributed by atoms with van der Waals surface area (Å²) in [5.74, 6) is 0.184. The Balaban J connectivity index is 1.84. The molecule has 2 aromatic rings. The molecule has 1 unspecified atom stereocenters. The van der Waals surface area contributed by atoms with Crippen molar-refractivity contribution < 1.29 is 25.8 Å². The third kappa shape index (κ3) is 6.02. The van der Waals surface area contributed by atoms with E-state index in [4.69, 9.17) is 8.92 Å². The fourth-order valence-corrected chi connectivity index (χ4v) is 5.07. The van der Waals surface area contributed by atoms with Crippen molar-refractivity contribution in [1.82, 2.24) is 4.31 Å². The van der Waals surface area contributed by atoms with E-state index in [1.807, 2.05) is 6.92 Å². The second-order valence-corrected chi connectivity index (χ2v) is 10.7. The highest BCUT2D eigenvalue weighted by atomic mass is 32.2. The summed E-state index contributed by atoms with van der Waals surface area (Å²) in [6.07, 6.45) is 2.57. The minimum atomic E-state index is -3.72. The number of hydrogen-bond donors (Lipinski definition) is 0. The van der Waals surface area contributed by atoms with Crippen molar-refractivity contribution in [2.24, 2.45) is 0 Å². The first kappa shape index (κ1) is 21.8. The lowest BCUT2D eigenvalue weighted by Crippen LogP contribution is -2.37. The fourth-order valence-electron chi connectivity index (χ4n) is 3.15. The average molecular weight is 440 g/mol. The van der Waals surface area contributed by atoms with Gasteiger partial charge in [-0.05, 0) is 49.6 Å². The standard InChI is InChI=1S/C20H25NO6S2/c1-16-5-11-20(12-6-16)29(24,25)21(15-19-4-3-13-26-19)14-17-7-9-18(10-8-17)27-28(2,22)23/h5-12,19H,3-4,13-15H2,1-2H3. The van der Waals surface area contributed by atoms with Crippen LogP contribution in [-0.2, 0) is 31.4 Å². The van der Waals surface area contributed by atoms with Gasteiger partial charge in [0.15, 0.2) is 0 Å². The zero-order valence-electron chi connectivity index (χ0n) is 16.4. The fraction of sp³-hybridized carbons (Fsp3) is 0.400. The van der Waals surface area contributed by atoms with E-state index in [9.17, 15) is 16.8 Å². The Morgan fingerprint density at radius 3 is 2.24 bits per heavy atom. The molecule has 1 aliphatic heterocycles. The van der Waals surface area contributed by atoms with Gasteiger partial charge in [-0.2, -0.15) is 12.7 Å². The van der Waals surface area contributed by atoms with Gasteiger partial charge in [-0.1, -0.05) is 29.8 Å². The highest BCUT2D eigenvalue weighted by Gasteiger charge is 2.29. The topological polar surface area (TPSA) is 90.0 Å². The molecule has 7 nitrogen and oxygen atoms in total. The van der Waals surface area contributed by atoms with E-state index < -0.39 is 20.1 Å². The maximum absolute atomic E-state index is 13.3. The number of nitrogens with zero attached hydrogens (tertiary/aromatic N) is 1. The predicted octanol–water partition coefficient (Wildman–Crippen LogP) is 2.70. The molecule has 1 atom stereocenters. The van der Waals surface area contributed by atoms with Crippen molar-refractivity contribution in [3.8, 4) is 5.75 Å². The zero-order chi connectivity index (χ0) is 21.1. The molecule has 3 rings (SSSR count). The van der Waals surface area contributed by atoms with Gasteiger partial charge in [0.2, 0.25) is 10.0 Å². The van der Waals surface area contributed by atoms with Crippen LogP contribution in [0.2, 0.25) is 0 Å². The molecule has 0 spiro atoms.